The first kappa shape index (κ1) is 34.3. The maximum absolute atomic E-state index is 13.2. The van der Waals surface area contributed by atoms with Crippen LogP contribution in [0.4, 0.5) is 0 Å². The smallest absolute Gasteiger partial charge is 0.169 e. The molecule has 0 N–H and O–H groups in total. The number of allylic oxidation sites excluding steroid dienone is 8. The van der Waals surface area contributed by atoms with Crippen molar-refractivity contribution in [1.29, 1.82) is 0 Å². The number of hydrogen-bond acceptors (Lipinski definition) is 8. The molecule has 1 rings (SSSR count). The van der Waals surface area contributed by atoms with Gasteiger partial charge in [0.25, 0.3) is 0 Å². The summed E-state index contributed by atoms with van der Waals surface area (Å²) in [4.78, 5) is 104. The number of carbonyl (C=O) groups excluding carboxylic acids is 8. The minimum absolute atomic E-state index is 0.0786. The quantitative estimate of drug-likeness (QED) is 0.467. The van der Waals surface area contributed by atoms with Crippen LogP contribution < -0.4 is 0 Å². The Morgan fingerprint density at radius 2 is 0.500 bits per heavy atom. The summed E-state index contributed by atoms with van der Waals surface area (Å²) in [6, 6.07) is 0. The monoisotopic (exact) mass is 552 g/mol. The standard InChI is InChI=1S/C32H40O8/c1-9-31(10-2)25(37)17-13-21(33)29(5,6)23(35)15-19-27(39)32(11-3,12-4)28(40)20-16-24(36)30(7,8)22(34)14-18-26(31)38/h13-20H,9-12H2,1-8H3/b17-13-,18-14-,19-15-,20-16-. The Kier molecular flexibility index (Phi) is 11.3. The SMILES string of the molecule is CCC1(CC)C(=O)/C=C\C(=O)C(C)(C)C(=O)/C=C\C(=O)C(CC)(CC)C(=O)/C=C\C(=O)C(C)(C)C(=O)/C=C\C1=O. The van der Waals surface area contributed by atoms with Crippen LogP contribution in [0.5, 0.6) is 0 Å². The normalized spacial score (nSPS) is 25.4. The minimum Gasteiger partial charge on any atom is -0.294 e. The van der Waals surface area contributed by atoms with E-state index in [1.807, 2.05) is 0 Å². The molecule has 0 unspecified atom stereocenters. The fourth-order valence-corrected chi connectivity index (χ4v) is 4.46. The van der Waals surface area contributed by atoms with Crippen LogP contribution in [0.25, 0.3) is 0 Å². The van der Waals surface area contributed by atoms with E-state index in [1.54, 1.807) is 27.7 Å². The van der Waals surface area contributed by atoms with Gasteiger partial charge in [-0.25, -0.2) is 0 Å². The third-order valence-corrected chi connectivity index (χ3v) is 8.31. The topological polar surface area (TPSA) is 137 Å². The molecule has 0 radical (unpaired) electrons. The molecule has 1 aliphatic carbocycles. The van der Waals surface area contributed by atoms with Crippen LogP contribution in [0.3, 0.4) is 0 Å². The Balaban J connectivity index is 3.81. The molecule has 0 saturated carbocycles. The summed E-state index contributed by atoms with van der Waals surface area (Å²) < 4.78 is 0. The number of ketones is 8. The highest BCUT2D eigenvalue weighted by Gasteiger charge is 2.42. The lowest BCUT2D eigenvalue weighted by atomic mass is 9.72. The summed E-state index contributed by atoms with van der Waals surface area (Å²) in [5.74, 6) is -5.51. The van der Waals surface area contributed by atoms with Gasteiger partial charge in [-0.15, -0.1) is 0 Å². The summed E-state index contributed by atoms with van der Waals surface area (Å²) in [6.45, 7) is 11.9. The fraction of sp³-hybridized carbons (Fsp3) is 0.500. The van der Waals surface area contributed by atoms with Gasteiger partial charge in [0.15, 0.2) is 46.3 Å². The lowest BCUT2D eigenvalue weighted by molar-refractivity contribution is -0.137. The van der Waals surface area contributed by atoms with Gasteiger partial charge in [-0.2, -0.15) is 0 Å². The lowest BCUT2D eigenvalue weighted by Crippen LogP contribution is -2.38. The fourth-order valence-electron chi connectivity index (χ4n) is 4.46. The van der Waals surface area contributed by atoms with Gasteiger partial charge in [0.2, 0.25) is 0 Å². The Hall–Kier alpha value is -3.68. The summed E-state index contributed by atoms with van der Waals surface area (Å²) in [6.07, 6.45) is 7.91. The molecule has 0 saturated heterocycles. The maximum Gasteiger partial charge on any atom is 0.169 e. The molecule has 0 heterocycles. The van der Waals surface area contributed by atoms with Gasteiger partial charge < -0.3 is 0 Å². The highest BCUT2D eigenvalue weighted by molar-refractivity contribution is 6.23. The second-order valence-corrected chi connectivity index (χ2v) is 11.1. The molecule has 0 spiro atoms. The predicted molar refractivity (Wildman–Crippen MR) is 150 cm³/mol. The molecule has 0 amide bonds. The number of hydrogen-bond donors (Lipinski definition) is 0. The first-order valence-corrected chi connectivity index (χ1v) is 13.5. The van der Waals surface area contributed by atoms with Crippen molar-refractivity contribution in [3.63, 3.8) is 0 Å². The van der Waals surface area contributed by atoms with E-state index in [0.717, 1.165) is 48.6 Å². The molecule has 0 aromatic rings. The van der Waals surface area contributed by atoms with Crippen molar-refractivity contribution in [2.45, 2.75) is 81.1 Å². The minimum atomic E-state index is -1.64. The molecule has 0 bridgehead atoms. The van der Waals surface area contributed by atoms with Crippen molar-refractivity contribution in [3.05, 3.63) is 48.6 Å². The van der Waals surface area contributed by atoms with Crippen LogP contribution in [-0.2, 0) is 38.4 Å². The van der Waals surface area contributed by atoms with Crippen molar-refractivity contribution in [2.75, 3.05) is 0 Å². The zero-order chi connectivity index (χ0) is 31.1. The zero-order valence-corrected chi connectivity index (χ0v) is 24.7. The second-order valence-electron chi connectivity index (χ2n) is 11.1. The Bertz CT molecular complexity index is 1050. The lowest BCUT2D eigenvalue weighted by Gasteiger charge is -2.27. The van der Waals surface area contributed by atoms with Gasteiger partial charge >= 0.3 is 0 Å². The van der Waals surface area contributed by atoms with Gasteiger partial charge in [-0.05, 0) is 102 Å². The molecular formula is C32H40O8. The van der Waals surface area contributed by atoms with E-state index in [4.69, 9.17) is 0 Å². The van der Waals surface area contributed by atoms with E-state index in [9.17, 15) is 38.4 Å². The molecule has 0 aliphatic heterocycles. The first-order valence-electron chi connectivity index (χ1n) is 13.5. The van der Waals surface area contributed by atoms with Crippen LogP contribution in [0, 0.1) is 21.7 Å². The van der Waals surface area contributed by atoms with Crippen LogP contribution in [0.2, 0.25) is 0 Å². The van der Waals surface area contributed by atoms with Crippen molar-refractivity contribution >= 4 is 46.3 Å². The maximum atomic E-state index is 13.2. The van der Waals surface area contributed by atoms with Crippen molar-refractivity contribution in [1.82, 2.24) is 0 Å². The van der Waals surface area contributed by atoms with Gasteiger partial charge in [-0.3, -0.25) is 38.4 Å². The van der Waals surface area contributed by atoms with Gasteiger partial charge in [-0.1, -0.05) is 27.7 Å². The summed E-state index contributed by atoms with van der Waals surface area (Å²) in [5.41, 5.74) is -6.40. The van der Waals surface area contributed by atoms with E-state index >= 15 is 0 Å². The van der Waals surface area contributed by atoms with Gasteiger partial charge in [0.05, 0.1) is 21.7 Å². The molecule has 40 heavy (non-hydrogen) atoms. The van der Waals surface area contributed by atoms with Crippen molar-refractivity contribution in [3.8, 4) is 0 Å². The molecule has 0 aromatic carbocycles. The average Bonchev–Trinajstić information content (AvgIpc) is 2.92. The molecule has 8 heteroatoms. The van der Waals surface area contributed by atoms with E-state index < -0.39 is 67.9 Å². The molecule has 1 aliphatic rings. The highest BCUT2D eigenvalue weighted by atomic mass is 16.2. The Labute approximate surface area is 236 Å². The van der Waals surface area contributed by atoms with Crippen LogP contribution >= 0.6 is 0 Å². The average molecular weight is 553 g/mol. The molecule has 0 atom stereocenters. The van der Waals surface area contributed by atoms with Crippen LogP contribution in [0.1, 0.15) is 81.1 Å². The third-order valence-electron chi connectivity index (χ3n) is 8.31. The molecular weight excluding hydrogens is 512 g/mol. The number of carbonyl (C=O) groups is 8. The largest absolute Gasteiger partial charge is 0.294 e. The summed E-state index contributed by atoms with van der Waals surface area (Å²) in [5, 5.41) is 0. The van der Waals surface area contributed by atoms with Gasteiger partial charge in [0, 0.05) is 0 Å². The third kappa shape index (κ3) is 6.54. The second kappa shape index (κ2) is 13.1. The van der Waals surface area contributed by atoms with Crippen LogP contribution in [0.15, 0.2) is 48.6 Å². The van der Waals surface area contributed by atoms with E-state index in [1.165, 1.54) is 27.7 Å². The van der Waals surface area contributed by atoms with Gasteiger partial charge in [0.1, 0.15) is 0 Å². The van der Waals surface area contributed by atoms with Crippen LogP contribution in [-0.4, -0.2) is 46.3 Å². The molecule has 216 valence electrons. The van der Waals surface area contributed by atoms with Crippen molar-refractivity contribution < 1.29 is 38.4 Å². The molecule has 8 nitrogen and oxygen atoms in total. The summed E-state index contributed by atoms with van der Waals surface area (Å²) >= 11 is 0. The zero-order valence-electron chi connectivity index (χ0n) is 24.7. The van der Waals surface area contributed by atoms with E-state index in [2.05, 4.69) is 0 Å². The summed E-state index contributed by atoms with van der Waals surface area (Å²) in [7, 11) is 0. The molecule has 0 fully saturated rings. The van der Waals surface area contributed by atoms with Crippen molar-refractivity contribution in [2.24, 2.45) is 21.7 Å². The van der Waals surface area contributed by atoms with E-state index in [0.29, 0.717) is 0 Å². The highest BCUT2D eigenvalue weighted by Crippen LogP contribution is 2.33. The Morgan fingerprint density at radius 1 is 0.350 bits per heavy atom. The first-order chi connectivity index (χ1) is 18.4. The predicted octanol–water partition coefficient (Wildman–Crippen LogP) is 4.44. The molecule has 0 aromatic heterocycles. The number of rotatable bonds is 4. The van der Waals surface area contributed by atoms with E-state index in [-0.39, 0.29) is 25.7 Å². The Morgan fingerprint density at radius 3 is 0.650 bits per heavy atom.